The minimum atomic E-state index is -3.87. The number of nitrogens with one attached hydrogen (secondary N) is 1. The van der Waals surface area contributed by atoms with Crippen molar-refractivity contribution in [2.24, 2.45) is 17.8 Å². The number of anilines is 1. The average Bonchev–Trinajstić information content (AvgIpc) is 3.09. The SMILES string of the molecule is CO[C@H]1/C=C\[C@H](C)C[C@@H](C)S(=O)(=O)NC(=O)c2ccc3c(c2)N(C[C@@H]2CC[C@H]21)C[C@@]1(CCCc2cc(Cl)ccc21)CO3. The zero-order chi connectivity index (χ0) is 29.6. The summed E-state index contributed by atoms with van der Waals surface area (Å²) in [6.45, 7) is 5.73. The number of aryl methyl sites for hydroxylation is 1. The molecule has 1 saturated carbocycles. The van der Waals surface area contributed by atoms with Crippen molar-refractivity contribution in [1.29, 1.82) is 0 Å². The first-order valence-corrected chi connectivity index (χ1v) is 17.1. The molecule has 4 aliphatic rings. The van der Waals surface area contributed by atoms with E-state index in [1.54, 1.807) is 20.1 Å². The Balaban J connectivity index is 1.43. The van der Waals surface area contributed by atoms with Gasteiger partial charge in [-0.3, -0.25) is 4.79 Å². The Morgan fingerprint density at radius 1 is 1.12 bits per heavy atom. The fourth-order valence-corrected chi connectivity index (χ4v) is 8.83. The van der Waals surface area contributed by atoms with E-state index in [9.17, 15) is 13.2 Å². The van der Waals surface area contributed by atoms with Crippen molar-refractivity contribution in [2.45, 2.75) is 69.1 Å². The Bertz CT molecular complexity index is 1490. The minimum Gasteiger partial charge on any atom is -0.490 e. The Morgan fingerprint density at radius 2 is 1.95 bits per heavy atom. The van der Waals surface area contributed by atoms with Gasteiger partial charge in [0, 0.05) is 36.2 Å². The molecule has 2 aromatic rings. The molecule has 6 atom stereocenters. The average molecular weight is 613 g/mol. The summed E-state index contributed by atoms with van der Waals surface area (Å²) in [5, 5.41) is 0.0192. The van der Waals surface area contributed by atoms with E-state index in [-0.39, 0.29) is 17.4 Å². The van der Waals surface area contributed by atoms with Gasteiger partial charge in [0.25, 0.3) is 5.91 Å². The van der Waals surface area contributed by atoms with Crippen molar-refractivity contribution < 1.29 is 22.7 Å². The maximum Gasteiger partial charge on any atom is 0.264 e. The molecule has 2 aliphatic carbocycles. The third kappa shape index (κ3) is 5.58. The van der Waals surface area contributed by atoms with E-state index in [0.717, 1.165) is 61.7 Å². The van der Waals surface area contributed by atoms with Crippen molar-refractivity contribution in [3.8, 4) is 5.75 Å². The quantitative estimate of drug-likeness (QED) is 0.404. The summed E-state index contributed by atoms with van der Waals surface area (Å²) in [4.78, 5) is 15.7. The molecular weight excluding hydrogens is 572 g/mol. The summed E-state index contributed by atoms with van der Waals surface area (Å²) in [6.07, 6.45) is 9.78. The molecule has 226 valence electrons. The predicted molar refractivity (Wildman–Crippen MR) is 166 cm³/mol. The van der Waals surface area contributed by atoms with Gasteiger partial charge in [0.1, 0.15) is 5.75 Å². The number of methoxy groups -OCH3 is 1. The third-order valence-electron chi connectivity index (χ3n) is 10.0. The van der Waals surface area contributed by atoms with E-state index >= 15 is 0 Å². The van der Waals surface area contributed by atoms with Crippen molar-refractivity contribution in [2.75, 3.05) is 31.7 Å². The molecule has 1 fully saturated rings. The smallest absolute Gasteiger partial charge is 0.264 e. The molecule has 0 aromatic heterocycles. The lowest BCUT2D eigenvalue weighted by molar-refractivity contribution is 0.0130. The van der Waals surface area contributed by atoms with Crippen LogP contribution in [-0.2, 0) is 26.6 Å². The fourth-order valence-electron chi connectivity index (χ4n) is 7.51. The Labute approximate surface area is 254 Å². The maximum absolute atomic E-state index is 13.3. The standard InChI is InChI=1S/C33H41ClN2O5S/c1-21-6-12-30(40-3)27-10-7-25(27)18-36-19-33(14-4-5-23-16-26(34)9-11-28(23)33)20-41-31-13-8-24(17-29(31)36)32(37)35-42(38,39)22(2)15-21/h6,8-9,11-13,16-17,21-22,25,27,30H,4-5,7,10,14-15,18-20H2,1-3H3,(H,35,37)/b12-6-/t21-,22+,25-,27+,30-,33-/m0/s1. The molecular formula is C33H41ClN2O5S. The van der Waals surface area contributed by atoms with Gasteiger partial charge in [-0.05, 0) is 105 Å². The number of hydrogen-bond acceptors (Lipinski definition) is 6. The first kappa shape index (κ1) is 29.5. The van der Waals surface area contributed by atoms with E-state index in [0.29, 0.717) is 30.4 Å². The molecule has 1 N–H and O–H groups in total. The van der Waals surface area contributed by atoms with E-state index in [1.165, 1.54) is 11.1 Å². The second kappa shape index (κ2) is 11.5. The van der Waals surface area contributed by atoms with Crippen LogP contribution < -0.4 is 14.4 Å². The molecule has 0 radical (unpaired) electrons. The monoisotopic (exact) mass is 612 g/mol. The van der Waals surface area contributed by atoms with Gasteiger partial charge in [0.05, 0.1) is 23.6 Å². The van der Waals surface area contributed by atoms with Gasteiger partial charge in [-0.25, -0.2) is 13.1 Å². The predicted octanol–water partition coefficient (Wildman–Crippen LogP) is 5.90. The first-order valence-electron chi connectivity index (χ1n) is 15.2. The number of rotatable bonds is 1. The summed E-state index contributed by atoms with van der Waals surface area (Å²) < 4.78 is 41.2. The molecule has 7 nitrogen and oxygen atoms in total. The fraction of sp³-hybridized carbons (Fsp3) is 0.545. The van der Waals surface area contributed by atoms with Crippen LogP contribution in [0.5, 0.6) is 5.75 Å². The van der Waals surface area contributed by atoms with Crippen LogP contribution in [0.25, 0.3) is 0 Å². The third-order valence-corrected chi connectivity index (χ3v) is 12.0. The van der Waals surface area contributed by atoms with E-state index in [4.69, 9.17) is 21.1 Å². The number of sulfonamides is 1. The molecule has 2 aliphatic heterocycles. The van der Waals surface area contributed by atoms with E-state index in [1.807, 2.05) is 25.1 Å². The first-order chi connectivity index (χ1) is 20.1. The van der Waals surface area contributed by atoms with E-state index in [2.05, 4.69) is 33.9 Å². The number of amides is 1. The number of nitrogens with zero attached hydrogens (tertiary/aromatic N) is 1. The second-order valence-electron chi connectivity index (χ2n) is 12.9. The summed E-state index contributed by atoms with van der Waals surface area (Å²) in [5.41, 5.74) is 3.48. The van der Waals surface area contributed by atoms with Gasteiger partial charge in [-0.1, -0.05) is 36.7 Å². The molecule has 2 heterocycles. The molecule has 0 unspecified atom stereocenters. The highest BCUT2D eigenvalue weighted by Crippen LogP contribution is 2.47. The van der Waals surface area contributed by atoms with Crippen LogP contribution in [-0.4, -0.2) is 52.5 Å². The Kier molecular flexibility index (Phi) is 8.09. The molecule has 9 heteroatoms. The van der Waals surface area contributed by atoms with Crippen molar-refractivity contribution >= 4 is 33.2 Å². The van der Waals surface area contributed by atoms with E-state index < -0.39 is 21.2 Å². The lowest BCUT2D eigenvalue weighted by atomic mass is 9.68. The topological polar surface area (TPSA) is 84.9 Å². The van der Waals surface area contributed by atoms with Gasteiger partial charge in [0.15, 0.2) is 0 Å². The lowest BCUT2D eigenvalue weighted by Crippen LogP contribution is -2.49. The van der Waals surface area contributed by atoms with Gasteiger partial charge in [-0.15, -0.1) is 0 Å². The number of hydrogen-bond donors (Lipinski definition) is 1. The zero-order valence-corrected chi connectivity index (χ0v) is 26.2. The number of fused-ring (bicyclic) bond motifs is 4. The van der Waals surface area contributed by atoms with Gasteiger partial charge >= 0.3 is 0 Å². The van der Waals surface area contributed by atoms with Crippen LogP contribution in [0.15, 0.2) is 48.6 Å². The second-order valence-corrected chi connectivity index (χ2v) is 15.4. The molecule has 2 aromatic carbocycles. The molecule has 1 spiro atoms. The van der Waals surface area contributed by atoms with Crippen LogP contribution in [0.3, 0.4) is 0 Å². The van der Waals surface area contributed by atoms with Gasteiger partial charge < -0.3 is 14.4 Å². The van der Waals surface area contributed by atoms with Crippen LogP contribution in [0.2, 0.25) is 5.02 Å². The highest BCUT2D eigenvalue weighted by molar-refractivity contribution is 7.90. The number of allylic oxidation sites excluding steroid dienone is 1. The molecule has 42 heavy (non-hydrogen) atoms. The summed E-state index contributed by atoms with van der Waals surface area (Å²) in [7, 11) is -2.11. The molecule has 6 rings (SSSR count). The highest BCUT2D eigenvalue weighted by Gasteiger charge is 2.44. The highest BCUT2D eigenvalue weighted by atomic mass is 35.5. The van der Waals surface area contributed by atoms with Crippen LogP contribution in [0.4, 0.5) is 5.69 Å². The van der Waals surface area contributed by atoms with Crippen molar-refractivity contribution in [3.05, 3.63) is 70.3 Å². The summed E-state index contributed by atoms with van der Waals surface area (Å²) in [6, 6.07) is 11.5. The van der Waals surface area contributed by atoms with Crippen LogP contribution in [0.1, 0.15) is 67.4 Å². The van der Waals surface area contributed by atoms with Gasteiger partial charge in [0.2, 0.25) is 10.0 Å². The molecule has 1 amide bonds. The minimum absolute atomic E-state index is 0.0177. The number of carbonyl (C=O) groups excluding carboxylic acids is 1. The zero-order valence-electron chi connectivity index (χ0n) is 24.6. The number of carbonyl (C=O) groups is 1. The number of halogens is 1. The van der Waals surface area contributed by atoms with Crippen molar-refractivity contribution in [1.82, 2.24) is 4.72 Å². The largest absolute Gasteiger partial charge is 0.490 e. The van der Waals surface area contributed by atoms with Gasteiger partial charge in [-0.2, -0.15) is 0 Å². The van der Waals surface area contributed by atoms with Crippen molar-refractivity contribution in [3.63, 3.8) is 0 Å². The summed E-state index contributed by atoms with van der Waals surface area (Å²) in [5.74, 6) is 0.896. The number of ether oxygens (including phenoxy) is 2. The Hall–Kier alpha value is -2.55. The Morgan fingerprint density at radius 3 is 2.71 bits per heavy atom. The summed E-state index contributed by atoms with van der Waals surface area (Å²) >= 11 is 6.40. The lowest BCUT2D eigenvalue weighted by Gasteiger charge is -2.46. The number of benzene rings is 2. The normalized spacial score (nSPS) is 33.3. The van der Waals surface area contributed by atoms with Crippen LogP contribution in [0, 0.1) is 17.8 Å². The maximum atomic E-state index is 13.3. The molecule has 2 bridgehead atoms. The molecule has 0 saturated heterocycles. The van der Waals surface area contributed by atoms with Crippen LogP contribution >= 0.6 is 11.6 Å².